The van der Waals surface area contributed by atoms with E-state index in [2.05, 4.69) is 0 Å². The molecule has 0 fully saturated rings. The second-order valence-electron chi connectivity index (χ2n) is 5.48. The van der Waals surface area contributed by atoms with Crippen LogP contribution in [-0.4, -0.2) is 52.1 Å². The predicted molar refractivity (Wildman–Crippen MR) is 106 cm³/mol. The van der Waals surface area contributed by atoms with Gasteiger partial charge in [-0.25, -0.2) is 4.79 Å². The summed E-state index contributed by atoms with van der Waals surface area (Å²) in [5.41, 5.74) is 1.41. The summed E-state index contributed by atoms with van der Waals surface area (Å²) in [5.74, 6) is -0.0859. The number of benzene rings is 1. The first-order valence-corrected chi connectivity index (χ1v) is 11.9. The summed E-state index contributed by atoms with van der Waals surface area (Å²) < 4.78 is 23.1. The number of carboxylic acid groups (broad SMARTS) is 1. The van der Waals surface area contributed by atoms with Crippen LogP contribution in [0.1, 0.15) is 43.1 Å². The minimum absolute atomic E-state index is 0.309. The fraction of sp³-hybridized carbons (Fsp3) is 0.611. The van der Waals surface area contributed by atoms with E-state index in [-0.39, 0.29) is 0 Å². The molecule has 0 unspecified atom stereocenters. The molecule has 1 aromatic rings. The zero-order chi connectivity index (χ0) is 19.3. The molecular formula is C18H30O6SSi. The van der Waals surface area contributed by atoms with Crippen molar-refractivity contribution < 1.29 is 27.4 Å². The summed E-state index contributed by atoms with van der Waals surface area (Å²) in [6.07, 6.45) is 1.66. The van der Waals surface area contributed by atoms with Crippen molar-refractivity contribution >= 4 is 26.8 Å². The molecule has 0 saturated carbocycles. The highest BCUT2D eigenvalue weighted by molar-refractivity contribution is 7.94. The molecule has 0 bridgehead atoms. The molecule has 6 nitrogen and oxygen atoms in total. The van der Waals surface area contributed by atoms with Crippen molar-refractivity contribution in [1.29, 1.82) is 0 Å². The van der Waals surface area contributed by atoms with E-state index in [1.54, 1.807) is 12.1 Å². The van der Waals surface area contributed by atoms with Crippen LogP contribution in [0.25, 0.3) is 0 Å². The summed E-state index contributed by atoms with van der Waals surface area (Å²) in [6.45, 7) is 8.23. The number of carbonyl (C=O) groups is 1. The Balaban J connectivity index is 2.23. The van der Waals surface area contributed by atoms with Gasteiger partial charge in [-0.3, -0.25) is 0 Å². The number of aryl methyl sites for hydroxylation is 1. The van der Waals surface area contributed by atoms with Crippen molar-refractivity contribution in [2.75, 3.05) is 32.2 Å². The molecule has 8 heteroatoms. The molecule has 0 radical (unpaired) electrons. The number of hydrogen-bond donors (Lipinski definition) is 1. The molecule has 0 heterocycles. The number of rotatable bonds is 15. The van der Waals surface area contributed by atoms with Crippen LogP contribution >= 0.6 is 12.0 Å². The van der Waals surface area contributed by atoms with E-state index in [1.807, 2.05) is 32.9 Å². The largest absolute Gasteiger partial charge is 0.501 e. The maximum atomic E-state index is 10.8. The van der Waals surface area contributed by atoms with Gasteiger partial charge >= 0.3 is 14.8 Å². The van der Waals surface area contributed by atoms with E-state index >= 15 is 0 Å². The molecule has 0 amide bonds. The zero-order valence-corrected chi connectivity index (χ0v) is 17.7. The van der Waals surface area contributed by atoms with E-state index in [0.29, 0.717) is 32.0 Å². The Hall–Kier alpha value is -0.903. The van der Waals surface area contributed by atoms with Gasteiger partial charge in [-0.2, -0.15) is 0 Å². The van der Waals surface area contributed by atoms with Crippen molar-refractivity contribution in [2.24, 2.45) is 0 Å². The normalized spacial score (nSPS) is 11.7. The van der Waals surface area contributed by atoms with Gasteiger partial charge in [0.15, 0.2) is 0 Å². The van der Waals surface area contributed by atoms with Gasteiger partial charge in [0, 0.05) is 31.6 Å². The Bertz CT molecular complexity index is 494. The first-order chi connectivity index (χ1) is 12.6. The maximum absolute atomic E-state index is 10.8. The summed E-state index contributed by atoms with van der Waals surface area (Å²) in [4.78, 5) is 10.8. The molecule has 0 aliphatic rings. The quantitative estimate of drug-likeness (QED) is 0.270. The predicted octanol–water partition coefficient (Wildman–Crippen LogP) is 4.03. The average molecular weight is 403 g/mol. The lowest BCUT2D eigenvalue weighted by Gasteiger charge is -2.28. The van der Waals surface area contributed by atoms with Crippen molar-refractivity contribution in [3.05, 3.63) is 35.4 Å². The summed E-state index contributed by atoms with van der Waals surface area (Å²) in [7, 11) is -2.57. The SMILES string of the molecule is CCO[Si](CCCOSCCc1ccc(C(=O)O)cc1)(OCC)OCC. The summed E-state index contributed by atoms with van der Waals surface area (Å²) in [5, 5.41) is 8.88. The van der Waals surface area contributed by atoms with E-state index < -0.39 is 14.8 Å². The first-order valence-electron chi connectivity index (χ1n) is 9.05. The van der Waals surface area contributed by atoms with Gasteiger partial charge in [0.1, 0.15) is 0 Å². The molecule has 0 atom stereocenters. The standard InChI is InChI=1S/C18H30O6SSi/c1-4-22-26(23-5-2,24-6-3)15-7-13-21-25-14-12-16-8-10-17(11-9-16)18(19)20/h8-11H,4-7,12-15H2,1-3H3,(H,19,20). The lowest BCUT2D eigenvalue weighted by Crippen LogP contribution is -2.46. The van der Waals surface area contributed by atoms with Gasteiger partial charge in [-0.15, -0.1) is 0 Å². The van der Waals surface area contributed by atoms with Crippen molar-refractivity contribution in [2.45, 2.75) is 39.7 Å². The van der Waals surface area contributed by atoms with Gasteiger partial charge in [0.05, 0.1) is 12.2 Å². The Morgan fingerprint density at radius 2 is 1.62 bits per heavy atom. The smallest absolute Gasteiger partial charge is 0.478 e. The number of carboxylic acids is 1. The minimum Gasteiger partial charge on any atom is -0.478 e. The highest BCUT2D eigenvalue weighted by Gasteiger charge is 2.39. The fourth-order valence-corrected chi connectivity index (χ4v) is 5.69. The highest BCUT2D eigenvalue weighted by atomic mass is 32.2. The Kier molecular flexibility index (Phi) is 11.8. The third kappa shape index (κ3) is 8.66. The second-order valence-corrected chi connectivity index (χ2v) is 9.09. The van der Waals surface area contributed by atoms with Crippen molar-refractivity contribution in [3.8, 4) is 0 Å². The average Bonchev–Trinajstić information content (AvgIpc) is 2.62. The first kappa shape index (κ1) is 23.1. The molecule has 26 heavy (non-hydrogen) atoms. The minimum atomic E-state index is -2.57. The van der Waals surface area contributed by atoms with Crippen LogP contribution in [0.4, 0.5) is 0 Å². The second kappa shape index (κ2) is 13.3. The van der Waals surface area contributed by atoms with Crippen molar-refractivity contribution in [3.63, 3.8) is 0 Å². The molecule has 1 aromatic carbocycles. The fourth-order valence-electron chi connectivity index (χ4n) is 2.44. The summed E-state index contributed by atoms with van der Waals surface area (Å²) >= 11 is 1.43. The Morgan fingerprint density at radius 1 is 1.04 bits per heavy atom. The van der Waals surface area contributed by atoms with E-state index in [9.17, 15) is 4.79 Å². The maximum Gasteiger partial charge on any atom is 0.501 e. The number of hydrogen-bond acceptors (Lipinski definition) is 6. The van der Waals surface area contributed by atoms with Crippen LogP contribution in [0.5, 0.6) is 0 Å². The van der Waals surface area contributed by atoms with Gasteiger partial charge in [0.25, 0.3) is 0 Å². The van der Waals surface area contributed by atoms with Crippen LogP contribution < -0.4 is 0 Å². The van der Waals surface area contributed by atoms with Crippen LogP contribution in [0.15, 0.2) is 24.3 Å². The molecular weight excluding hydrogens is 372 g/mol. The molecule has 0 saturated heterocycles. The van der Waals surface area contributed by atoms with E-state index in [4.69, 9.17) is 22.6 Å². The third-order valence-electron chi connectivity index (χ3n) is 3.56. The van der Waals surface area contributed by atoms with Crippen LogP contribution in [0.2, 0.25) is 6.04 Å². The van der Waals surface area contributed by atoms with Gasteiger partial charge < -0.3 is 22.6 Å². The van der Waals surface area contributed by atoms with Crippen molar-refractivity contribution in [1.82, 2.24) is 0 Å². The third-order valence-corrected chi connectivity index (χ3v) is 7.42. The van der Waals surface area contributed by atoms with E-state index in [1.165, 1.54) is 12.0 Å². The molecule has 1 rings (SSSR count). The lowest BCUT2D eigenvalue weighted by atomic mass is 10.1. The zero-order valence-electron chi connectivity index (χ0n) is 15.9. The molecule has 1 N–H and O–H groups in total. The molecule has 0 spiro atoms. The van der Waals surface area contributed by atoms with E-state index in [0.717, 1.165) is 30.2 Å². The Morgan fingerprint density at radius 3 is 2.12 bits per heavy atom. The lowest BCUT2D eigenvalue weighted by molar-refractivity contribution is 0.0689. The van der Waals surface area contributed by atoms with Gasteiger partial charge in [0.2, 0.25) is 0 Å². The number of aromatic carboxylic acids is 1. The molecule has 0 aliphatic carbocycles. The van der Waals surface area contributed by atoms with Gasteiger partial charge in [-0.1, -0.05) is 12.1 Å². The Labute approximate surface area is 161 Å². The highest BCUT2D eigenvalue weighted by Crippen LogP contribution is 2.19. The van der Waals surface area contributed by atoms with Crippen LogP contribution in [0.3, 0.4) is 0 Å². The van der Waals surface area contributed by atoms with Crippen LogP contribution in [-0.2, 0) is 23.9 Å². The summed E-state index contributed by atoms with van der Waals surface area (Å²) in [6, 6.07) is 7.69. The molecule has 0 aromatic heterocycles. The molecule has 148 valence electrons. The van der Waals surface area contributed by atoms with Gasteiger partial charge in [-0.05, 0) is 63.4 Å². The monoisotopic (exact) mass is 402 g/mol. The molecule has 0 aliphatic heterocycles. The topological polar surface area (TPSA) is 74.2 Å². The van der Waals surface area contributed by atoms with Crippen LogP contribution in [0, 0.1) is 0 Å².